The summed E-state index contributed by atoms with van der Waals surface area (Å²) in [5, 5.41) is 0.454. The van der Waals surface area contributed by atoms with E-state index in [0.717, 1.165) is 4.90 Å². The molecule has 2 aliphatic heterocycles. The molecule has 3 aromatic rings. The molecule has 2 heterocycles. The van der Waals surface area contributed by atoms with Crippen LogP contribution in [0.5, 0.6) is 0 Å². The van der Waals surface area contributed by atoms with Crippen LogP contribution in [0.3, 0.4) is 0 Å². The van der Waals surface area contributed by atoms with Gasteiger partial charge >= 0.3 is 5.97 Å². The molecule has 190 valence electrons. The summed E-state index contributed by atoms with van der Waals surface area (Å²) in [6.45, 7) is 1.89. The number of ketones is 2. The lowest BCUT2D eigenvalue weighted by molar-refractivity contribution is -0.127. The second-order valence-electron chi connectivity index (χ2n) is 9.31. The van der Waals surface area contributed by atoms with E-state index >= 15 is 0 Å². The van der Waals surface area contributed by atoms with Gasteiger partial charge in [0.15, 0.2) is 0 Å². The first-order chi connectivity index (χ1) is 18.3. The van der Waals surface area contributed by atoms with Crippen LogP contribution < -0.4 is 4.90 Å². The van der Waals surface area contributed by atoms with Crippen LogP contribution in [0, 0.1) is 11.8 Å². The molecule has 3 atom stereocenters. The molecule has 0 bridgehead atoms. The summed E-state index contributed by atoms with van der Waals surface area (Å²) in [6.07, 6.45) is -1.04. The summed E-state index contributed by atoms with van der Waals surface area (Å²) in [5.74, 6) is -5.61. The van der Waals surface area contributed by atoms with Gasteiger partial charge in [-0.15, -0.1) is 0 Å². The normalized spacial score (nSPS) is 23.2. The Morgan fingerprint density at radius 2 is 1.50 bits per heavy atom. The monoisotopic (exact) mass is 529 g/mol. The molecule has 3 unspecified atom stereocenters. The number of carbonyl (C=O) groups excluding carboxylic acids is 5. The molecular weight excluding hydrogens is 510 g/mol. The zero-order valence-corrected chi connectivity index (χ0v) is 20.8. The van der Waals surface area contributed by atoms with Crippen LogP contribution in [0.25, 0.3) is 0 Å². The number of halogens is 1. The Bertz CT molecular complexity index is 1490. The fourth-order valence-electron chi connectivity index (χ4n) is 5.69. The Labute approximate surface area is 222 Å². The van der Waals surface area contributed by atoms with Crippen molar-refractivity contribution in [3.05, 3.63) is 100 Å². The molecule has 38 heavy (non-hydrogen) atoms. The Balaban J connectivity index is 1.46. The van der Waals surface area contributed by atoms with Gasteiger partial charge in [0.1, 0.15) is 0 Å². The summed E-state index contributed by atoms with van der Waals surface area (Å²) in [7, 11) is 0. The summed E-state index contributed by atoms with van der Waals surface area (Å²) in [4.78, 5) is 68.4. The van der Waals surface area contributed by atoms with Crippen LogP contribution in [0.4, 0.5) is 5.69 Å². The first kappa shape index (κ1) is 24.2. The Morgan fingerprint density at radius 3 is 2.08 bits per heavy atom. The number of anilines is 1. The van der Waals surface area contributed by atoms with E-state index in [1.807, 2.05) is 0 Å². The average molecular weight is 530 g/mol. The molecule has 6 rings (SSSR count). The highest BCUT2D eigenvalue weighted by Gasteiger charge is 2.74. The van der Waals surface area contributed by atoms with Crippen LogP contribution in [-0.4, -0.2) is 41.6 Å². The molecule has 0 radical (unpaired) electrons. The van der Waals surface area contributed by atoms with Crippen molar-refractivity contribution in [2.24, 2.45) is 11.8 Å². The maximum absolute atomic E-state index is 14.0. The third-order valence-corrected chi connectivity index (χ3v) is 7.61. The molecule has 9 heteroatoms. The number of imide groups is 1. The molecule has 8 nitrogen and oxygen atoms in total. The smallest absolute Gasteiger partial charge is 0.338 e. The minimum absolute atomic E-state index is 0.158. The maximum atomic E-state index is 14.0. The van der Waals surface area contributed by atoms with Crippen molar-refractivity contribution in [1.29, 1.82) is 0 Å². The van der Waals surface area contributed by atoms with Gasteiger partial charge in [-0.3, -0.25) is 19.2 Å². The lowest BCUT2D eigenvalue weighted by atomic mass is 9.77. The van der Waals surface area contributed by atoms with Gasteiger partial charge < -0.3 is 9.47 Å². The first-order valence-corrected chi connectivity index (χ1v) is 12.4. The quantitative estimate of drug-likeness (QED) is 0.283. The molecule has 3 aliphatic rings. The zero-order valence-electron chi connectivity index (χ0n) is 20.1. The van der Waals surface area contributed by atoms with E-state index in [9.17, 15) is 24.0 Å². The Hall–Kier alpha value is -4.14. The number of nitrogens with zero attached hydrogens (tertiary/aromatic N) is 1. The third kappa shape index (κ3) is 3.23. The van der Waals surface area contributed by atoms with E-state index in [2.05, 4.69) is 0 Å². The van der Waals surface area contributed by atoms with Gasteiger partial charge in [-0.2, -0.15) is 0 Å². The predicted octanol–water partition coefficient (Wildman–Crippen LogP) is 4.21. The van der Waals surface area contributed by atoms with Gasteiger partial charge in [0.25, 0.3) is 0 Å². The Morgan fingerprint density at radius 1 is 0.895 bits per heavy atom. The molecule has 2 amide bonds. The van der Waals surface area contributed by atoms with E-state index in [1.165, 1.54) is 36.4 Å². The van der Waals surface area contributed by atoms with Gasteiger partial charge in [-0.05, 0) is 48.9 Å². The zero-order chi connectivity index (χ0) is 26.8. The molecule has 0 aromatic heterocycles. The summed E-state index contributed by atoms with van der Waals surface area (Å²) in [5.41, 5.74) is -0.868. The van der Waals surface area contributed by atoms with Crippen molar-refractivity contribution in [2.75, 3.05) is 11.5 Å². The molecule has 3 aromatic carbocycles. The van der Waals surface area contributed by atoms with E-state index in [1.54, 1.807) is 43.3 Å². The SMILES string of the molecule is CCOC(=O)c1ccc(N2C(=O)C3C(c4ccc(Cl)cc4)OC4(C(=O)c5ccccc5C4=O)C3C2=O)cc1. The number of amides is 2. The van der Waals surface area contributed by atoms with Gasteiger partial charge in [0.05, 0.1) is 35.8 Å². The van der Waals surface area contributed by atoms with Gasteiger partial charge in [0.2, 0.25) is 29.0 Å². The van der Waals surface area contributed by atoms with E-state index in [0.29, 0.717) is 10.6 Å². The second-order valence-corrected chi connectivity index (χ2v) is 9.75. The van der Waals surface area contributed by atoms with E-state index < -0.39 is 52.9 Å². The standard InChI is InChI=1S/C29H20ClNO7/c1-2-37-28(36)16-9-13-18(14-10-16)31-26(34)21-22(27(31)35)29(38-23(21)15-7-11-17(30)12-8-15)24(32)19-5-3-4-6-20(19)25(29)33/h3-14,21-23H,2H2,1H3. The number of esters is 1. The van der Waals surface area contributed by atoms with E-state index in [-0.39, 0.29) is 29.0 Å². The van der Waals surface area contributed by atoms with Crippen LogP contribution in [-0.2, 0) is 19.1 Å². The third-order valence-electron chi connectivity index (χ3n) is 7.35. The second kappa shape index (κ2) is 8.72. The highest BCUT2D eigenvalue weighted by Crippen LogP contribution is 2.57. The van der Waals surface area contributed by atoms with Crippen LogP contribution >= 0.6 is 11.6 Å². The maximum Gasteiger partial charge on any atom is 0.338 e. The number of hydrogen-bond donors (Lipinski definition) is 0. The minimum atomic E-state index is -2.16. The molecule has 2 fully saturated rings. The lowest BCUT2D eigenvalue weighted by Crippen LogP contribution is -2.51. The Kier molecular flexibility index (Phi) is 5.55. The molecule has 0 N–H and O–H groups in total. The number of carbonyl (C=O) groups is 5. The highest BCUT2D eigenvalue weighted by molar-refractivity contribution is 6.37. The molecule has 1 spiro atoms. The largest absolute Gasteiger partial charge is 0.462 e. The topological polar surface area (TPSA) is 107 Å². The fourth-order valence-corrected chi connectivity index (χ4v) is 5.81. The van der Waals surface area contributed by atoms with Crippen LogP contribution in [0.1, 0.15) is 49.7 Å². The van der Waals surface area contributed by atoms with Gasteiger partial charge in [-0.1, -0.05) is 48.0 Å². The van der Waals surface area contributed by atoms with Crippen molar-refractivity contribution in [2.45, 2.75) is 18.6 Å². The van der Waals surface area contributed by atoms with Crippen LogP contribution in [0.15, 0.2) is 72.8 Å². The number of hydrogen-bond acceptors (Lipinski definition) is 7. The minimum Gasteiger partial charge on any atom is -0.462 e. The van der Waals surface area contributed by atoms with Gasteiger partial charge in [0, 0.05) is 16.1 Å². The number of fused-ring (bicyclic) bond motifs is 3. The summed E-state index contributed by atoms with van der Waals surface area (Å²) in [6, 6.07) is 18.6. The first-order valence-electron chi connectivity index (χ1n) is 12.1. The number of Topliss-reactive ketones (excluding diaryl/α,β-unsaturated/α-hetero) is 2. The molecule has 1 aliphatic carbocycles. The van der Waals surface area contributed by atoms with Crippen molar-refractivity contribution in [1.82, 2.24) is 0 Å². The fraction of sp³-hybridized carbons (Fsp3) is 0.207. The number of benzene rings is 3. The van der Waals surface area contributed by atoms with Gasteiger partial charge in [-0.25, -0.2) is 9.69 Å². The average Bonchev–Trinajstić information content (AvgIpc) is 3.49. The summed E-state index contributed by atoms with van der Waals surface area (Å²) >= 11 is 6.06. The van der Waals surface area contributed by atoms with Crippen LogP contribution in [0.2, 0.25) is 5.02 Å². The highest BCUT2D eigenvalue weighted by atomic mass is 35.5. The molecule has 0 saturated carbocycles. The summed E-state index contributed by atoms with van der Waals surface area (Å²) < 4.78 is 11.2. The predicted molar refractivity (Wildman–Crippen MR) is 135 cm³/mol. The van der Waals surface area contributed by atoms with Crippen molar-refractivity contribution in [3.63, 3.8) is 0 Å². The molecule has 2 saturated heterocycles. The van der Waals surface area contributed by atoms with Crippen molar-refractivity contribution >= 4 is 46.6 Å². The van der Waals surface area contributed by atoms with Crippen molar-refractivity contribution < 1.29 is 33.4 Å². The van der Waals surface area contributed by atoms with Crippen molar-refractivity contribution in [3.8, 4) is 0 Å². The number of ether oxygens (including phenoxy) is 2. The molecular formula is C29H20ClNO7. The number of rotatable bonds is 4. The lowest BCUT2D eigenvalue weighted by Gasteiger charge is -2.27. The van der Waals surface area contributed by atoms with E-state index in [4.69, 9.17) is 21.1 Å².